The molecule has 2 N–H and O–H groups in total. The van der Waals surface area contributed by atoms with Crippen LogP contribution in [0, 0.1) is 6.92 Å². The maximum absolute atomic E-state index is 5.74. The van der Waals surface area contributed by atoms with E-state index in [0.29, 0.717) is 6.54 Å². The number of fused-ring (bicyclic) bond motifs is 1. The molecule has 4 aromatic rings. The molecule has 3 heteroatoms. The van der Waals surface area contributed by atoms with Crippen LogP contribution in [0.4, 0.5) is 0 Å². The predicted molar refractivity (Wildman–Crippen MR) is 103 cm³/mol. The van der Waals surface area contributed by atoms with E-state index in [1.54, 1.807) is 0 Å². The lowest BCUT2D eigenvalue weighted by molar-refractivity contribution is 0.700. The van der Waals surface area contributed by atoms with Crippen LogP contribution in [0.15, 0.2) is 72.8 Å². The summed E-state index contributed by atoms with van der Waals surface area (Å²) in [4.78, 5) is 0. The van der Waals surface area contributed by atoms with Gasteiger partial charge in [-0.05, 0) is 29.7 Å². The Morgan fingerprint density at radius 1 is 0.880 bits per heavy atom. The van der Waals surface area contributed by atoms with Crippen molar-refractivity contribution in [3.05, 3.63) is 89.5 Å². The molecule has 124 valence electrons. The number of aromatic nitrogens is 2. The van der Waals surface area contributed by atoms with Crippen molar-refractivity contribution < 1.29 is 0 Å². The van der Waals surface area contributed by atoms with Crippen LogP contribution in [0.5, 0.6) is 0 Å². The van der Waals surface area contributed by atoms with Crippen molar-refractivity contribution in [1.82, 2.24) is 9.78 Å². The zero-order chi connectivity index (χ0) is 17.2. The molecule has 0 aliphatic heterocycles. The molecule has 1 aromatic heterocycles. The Morgan fingerprint density at radius 3 is 2.36 bits per heavy atom. The second-order valence-corrected chi connectivity index (χ2v) is 6.35. The Hall–Kier alpha value is -2.91. The van der Waals surface area contributed by atoms with Gasteiger partial charge in [-0.25, -0.2) is 0 Å². The molecule has 0 saturated carbocycles. The number of hydrogen-bond donors (Lipinski definition) is 1. The molecule has 0 unspecified atom stereocenters. The van der Waals surface area contributed by atoms with E-state index in [0.717, 1.165) is 23.3 Å². The number of benzene rings is 3. The molecule has 0 bridgehead atoms. The van der Waals surface area contributed by atoms with Gasteiger partial charge in [0.15, 0.2) is 0 Å². The van der Waals surface area contributed by atoms with Crippen LogP contribution in [0.1, 0.15) is 16.7 Å². The summed E-state index contributed by atoms with van der Waals surface area (Å²) in [5.74, 6) is 0. The molecular weight excluding hydrogens is 306 g/mol. The van der Waals surface area contributed by atoms with Crippen molar-refractivity contribution in [2.24, 2.45) is 5.73 Å². The highest BCUT2D eigenvalue weighted by molar-refractivity contribution is 5.93. The first kappa shape index (κ1) is 15.6. The average Bonchev–Trinajstić information content (AvgIpc) is 3.01. The second kappa shape index (κ2) is 6.54. The van der Waals surface area contributed by atoms with E-state index in [-0.39, 0.29) is 0 Å². The summed E-state index contributed by atoms with van der Waals surface area (Å²) in [6, 6.07) is 25.3. The summed E-state index contributed by atoms with van der Waals surface area (Å²) in [5.41, 5.74) is 12.8. The second-order valence-electron chi connectivity index (χ2n) is 6.35. The Kier molecular flexibility index (Phi) is 4.08. The quantitative estimate of drug-likeness (QED) is 0.599. The number of aryl methyl sites for hydroxylation is 1. The summed E-state index contributed by atoms with van der Waals surface area (Å²) < 4.78 is 2.12. The fraction of sp³-hybridized carbons (Fsp3) is 0.136. The van der Waals surface area contributed by atoms with Gasteiger partial charge in [0.1, 0.15) is 0 Å². The molecule has 0 saturated heterocycles. The van der Waals surface area contributed by atoms with Gasteiger partial charge in [0.2, 0.25) is 0 Å². The maximum Gasteiger partial charge on any atom is 0.0930 e. The van der Waals surface area contributed by atoms with Crippen LogP contribution in [0.25, 0.3) is 22.2 Å². The van der Waals surface area contributed by atoms with Crippen LogP contribution < -0.4 is 5.73 Å². The van der Waals surface area contributed by atoms with Gasteiger partial charge in [-0.3, -0.25) is 4.68 Å². The minimum atomic E-state index is 0.559. The molecule has 0 spiro atoms. The van der Waals surface area contributed by atoms with Crippen LogP contribution in [0.2, 0.25) is 0 Å². The Balaban J connectivity index is 1.87. The lowest BCUT2D eigenvalue weighted by Gasteiger charge is -2.11. The monoisotopic (exact) mass is 327 g/mol. The highest BCUT2D eigenvalue weighted by Crippen LogP contribution is 2.30. The zero-order valence-electron chi connectivity index (χ0n) is 14.3. The molecule has 0 fully saturated rings. The van der Waals surface area contributed by atoms with E-state index in [2.05, 4.69) is 78.3 Å². The van der Waals surface area contributed by atoms with Crippen LogP contribution in [-0.2, 0) is 13.1 Å². The minimum absolute atomic E-state index is 0.559. The molecule has 25 heavy (non-hydrogen) atoms. The third-order valence-corrected chi connectivity index (χ3v) is 4.69. The summed E-state index contributed by atoms with van der Waals surface area (Å²) in [5, 5.41) is 6.04. The summed E-state index contributed by atoms with van der Waals surface area (Å²) >= 11 is 0. The van der Waals surface area contributed by atoms with Crippen molar-refractivity contribution in [3.8, 4) is 11.3 Å². The van der Waals surface area contributed by atoms with Crippen molar-refractivity contribution in [2.75, 3.05) is 0 Å². The third-order valence-electron chi connectivity index (χ3n) is 4.69. The Labute approximate surface area is 147 Å². The van der Waals surface area contributed by atoms with Crippen molar-refractivity contribution in [3.63, 3.8) is 0 Å². The van der Waals surface area contributed by atoms with Crippen molar-refractivity contribution >= 4 is 10.9 Å². The van der Waals surface area contributed by atoms with Gasteiger partial charge in [-0.1, -0.05) is 66.7 Å². The molecule has 0 amide bonds. The van der Waals surface area contributed by atoms with E-state index < -0.39 is 0 Å². The van der Waals surface area contributed by atoms with Gasteiger partial charge < -0.3 is 5.73 Å². The van der Waals surface area contributed by atoms with E-state index in [1.807, 2.05) is 6.07 Å². The van der Waals surface area contributed by atoms with Gasteiger partial charge >= 0.3 is 0 Å². The lowest BCUT2D eigenvalue weighted by Crippen LogP contribution is -2.05. The molecule has 0 radical (unpaired) electrons. The molecule has 0 aliphatic carbocycles. The van der Waals surface area contributed by atoms with Crippen molar-refractivity contribution in [2.45, 2.75) is 20.0 Å². The summed E-state index contributed by atoms with van der Waals surface area (Å²) in [6.45, 7) is 3.47. The molecule has 4 rings (SSSR count). The van der Waals surface area contributed by atoms with E-state index in [1.165, 1.54) is 22.1 Å². The van der Waals surface area contributed by atoms with Gasteiger partial charge in [0, 0.05) is 17.5 Å². The maximum atomic E-state index is 5.74. The van der Waals surface area contributed by atoms with Crippen LogP contribution in [-0.4, -0.2) is 9.78 Å². The topological polar surface area (TPSA) is 43.8 Å². The largest absolute Gasteiger partial charge is 0.326 e. The molecule has 0 aliphatic rings. The zero-order valence-corrected chi connectivity index (χ0v) is 14.3. The number of nitrogens with zero attached hydrogens (tertiary/aromatic N) is 2. The van der Waals surface area contributed by atoms with E-state index in [9.17, 15) is 0 Å². The predicted octanol–water partition coefficient (Wildman–Crippen LogP) is 4.52. The van der Waals surface area contributed by atoms with Gasteiger partial charge in [-0.15, -0.1) is 0 Å². The average molecular weight is 327 g/mol. The lowest BCUT2D eigenvalue weighted by atomic mass is 10.0. The Bertz CT molecular complexity index is 1010. The van der Waals surface area contributed by atoms with E-state index >= 15 is 0 Å². The highest BCUT2D eigenvalue weighted by atomic mass is 15.3. The van der Waals surface area contributed by atoms with E-state index in [4.69, 9.17) is 10.8 Å². The third kappa shape index (κ3) is 2.94. The first-order chi connectivity index (χ1) is 12.3. The SMILES string of the molecule is Cc1ccccc1Cn1nc2ccccc2c1-c1ccc(CN)cc1. The first-order valence-electron chi connectivity index (χ1n) is 8.55. The highest BCUT2D eigenvalue weighted by Gasteiger charge is 2.13. The normalized spacial score (nSPS) is 11.1. The first-order valence-corrected chi connectivity index (χ1v) is 8.55. The van der Waals surface area contributed by atoms with Crippen LogP contribution in [0.3, 0.4) is 0 Å². The van der Waals surface area contributed by atoms with Gasteiger partial charge in [-0.2, -0.15) is 5.10 Å². The smallest absolute Gasteiger partial charge is 0.0930 e. The standard InChI is InChI=1S/C22H21N3/c1-16-6-2-3-7-19(16)15-25-22(18-12-10-17(14-23)11-13-18)20-8-4-5-9-21(20)24-25/h2-13H,14-15,23H2,1H3. The molecule has 3 aromatic carbocycles. The fourth-order valence-electron chi connectivity index (χ4n) is 3.25. The number of nitrogens with two attached hydrogens (primary N) is 1. The molecule has 0 atom stereocenters. The Morgan fingerprint density at radius 2 is 1.60 bits per heavy atom. The molecular formula is C22H21N3. The number of hydrogen-bond acceptors (Lipinski definition) is 2. The summed E-state index contributed by atoms with van der Waals surface area (Å²) in [6.07, 6.45) is 0. The molecule has 3 nitrogen and oxygen atoms in total. The van der Waals surface area contributed by atoms with Gasteiger partial charge in [0.25, 0.3) is 0 Å². The number of rotatable bonds is 4. The summed E-state index contributed by atoms with van der Waals surface area (Å²) in [7, 11) is 0. The van der Waals surface area contributed by atoms with Crippen LogP contribution >= 0.6 is 0 Å². The van der Waals surface area contributed by atoms with Gasteiger partial charge in [0.05, 0.1) is 17.8 Å². The molecule has 1 heterocycles. The minimum Gasteiger partial charge on any atom is -0.326 e. The fourth-order valence-corrected chi connectivity index (χ4v) is 3.25. The van der Waals surface area contributed by atoms with Crippen molar-refractivity contribution in [1.29, 1.82) is 0 Å².